The average molecular weight is 352 g/mol. The number of carbonyl (C=O) groups is 2. The van der Waals surface area contributed by atoms with Crippen molar-refractivity contribution in [1.82, 2.24) is 0 Å². The first-order valence-electron chi connectivity index (χ1n) is 8.26. The third-order valence-electron chi connectivity index (χ3n) is 4.24. The van der Waals surface area contributed by atoms with Crippen molar-refractivity contribution in [3.8, 4) is 17.2 Å². The van der Waals surface area contributed by atoms with Gasteiger partial charge in [0.2, 0.25) is 5.78 Å². The summed E-state index contributed by atoms with van der Waals surface area (Å²) in [5.74, 6) is 1.80. The molecule has 0 amide bonds. The molecule has 1 aliphatic heterocycles. The zero-order chi connectivity index (χ0) is 18.8. The number of Topliss-reactive ketones (excluding diaryl/α,β-unsaturated/α-hetero) is 2. The van der Waals surface area contributed by atoms with Crippen LogP contribution in [0.5, 0.6) is 17.2 Å². The van der Waals surface area contributed by atoms with Crippen molar-refractivity contribution < 1.29 is 23.8 Å². The fourth-order valence-corrected chi connectivity index (χ4v) is 2.74. The molecule has 0 saturated carbocycles. The van der Waals surface area contributed by atoms with Crippen molar-refractivity contribution in [2.24, 2.45) is 0 Å². The normalized spacial score (nSPS) is 12.5. The number of fused-ring (bicyclic) bond motifs is 1. The van der Waals surface area contributed by atoms with Crippen molar-refractivity contribution in [2.75, 3.05) is 13.7 Å². The van der Waals surface area contributed by atoms with Crippen molar-refractivity contribution in [3.63, 3.8) is 0 Å². The molecule has 134 valence electrons. The summed E-state index contributed by atoms with van der Waals surface area (Å²) in [4.78, 5) is 24.6. The van der Waals surface area contributed by atoms with Gasteiger partial charge in [-0.05, 0) is 62.7 Å². The van der Waals surface area contributed by atoms with Gasteiger partial charge in [0, 0.05) is 11.1 Å². The van der Waals surface area contributed by atoms with Gasteiger partial charge in [0.25, 0.3) is 0 Å². The van der Waals surface area contributed by atoms with E-state index in [0.717, 1.165) is 5.57 Å². The van der Waals surface area contributed by atoms with E-state index in [4.69, 9.17) is 14.2 Å². The van der Waals surface area contributed by atoms with Crippen LogP contribution >= 0.6 is 0 Å². The first kappa shape index (κ1) is 17.7. The molecular weight excluding hydrogens is 332 g/mol. The molecule has 1 aliphatic rings. The molecule has 0 fully saturated rings. The quantitative estimate of drug-likeness (QED) is 0.598. The summed E-state index contributed by atoms with van der Waals surface area (Å²) >= 11 is 0. The Hall–Kier alpha value is -3.08. The van der Waals surface area contributed by atoms with Crippen LogP contribution in [0.4, 0.5) is 0 Å². The van der Waals surface area contributed by atoms with Crippen LogP contribution in [0.2, 0.25) is 0 Å². The number of carbonyl (C=O) groups excluding carboxylic acids is 2. The largest absolute Gasteiger partial charge is 0.497 e. The molecule has 0 spiro atoms. The summed E-state index contributed by atoms with van der Waals surface area (Å²) in [5.41, 5.74) is 2.59. The molecule has 2 aromatic carbocycles. The van der Waals surface area contributed by atoms with Crippen molar-refractivity contribution in [2.45, 2.75) is 20.8 Å². The number of methoxy groups -OCH3 is 1. The van der Waals surface area contributed by atoms with Gasteiger partial charge in [-0.3, -0.25) is 9.59 Å². The minimum absolute atomic E-state index is 0.102. The number of rotatable bonds is 5. The predicted molar refractivity (Wildman–Crippen MR) is 97.3 cm³/mol. The second-order valence-electron chi connectivity index (χ2n) is 6.27. The lowest BCUT2D eigenvalue weighted by atomic mass is 10.1. The fraction of sp³-hybridized carbons (Fsp3) is 0.238. The van der Waals surface area contributed by atoms with Gasteiger partial charge in [0.1, 0.15) is 17.2 Å². The summed E-state index contributed by atoms with van der Waals surface area (Å²) < 4.78 is 16.5. The molecule has 0 N–H and O–H groups in total. The van der Waals surface area contributed by atoms with Crippen molar-refractivity contribution >= 4 is 11.6 Å². The Bertz CT molecular complexity index is 903. The van der Waals surface area contributed by atoms with Crippen LogP contribution in [-0.2, 0) is 0 Å². The van der Waals surface area contributed by atoms with Gasteiger partial charge in [-0.1, -0.05) is 0 Å². The molecule has 0 radical (unpaired) electrons. The van der Waals surface area contributed by atoms with E-state index in [9.17, 15) is 9.59 Å². The highest BCUT2D eigenvalue weighted by Crippen LogP contribution is 2.39. The van der Waals surface area contributed by atoms with E-state index >= 15 is 0 Å². The molecule has 5 nitrogen and oxygen atoms in total. The predicted octanol–water partition coefficient (Wildman–Crippen LogP) is 4.13. The summed E-state index contributed by atoms with van der Waals surface area (Å²) in [6, 6.07) is 10.2. The van der Waals surface area contributed by atoms with Crippen LogP contribution in [0.15, 0.2) is 47.7 Å². The second-order valence-corrected chi connectivity index (χ2v) is 6.27. The number of ketones is 2. The summed E-state index contributed by atoms with van der Waals surface area (Å²) in [5, 5.41) is 0. The number of ether oxygens (including phenoxy) is 3. The van der Waals surface area contributed by atoms with Crippen LogP contribution < -0.4 is 14.2 Å². The third kappa shape index (κ3) is 3.20. The number of hydrogen-bond acceptors (Lipinski definition) is 5. The van der Waals surface area contributed by atoms with Gasteiger partial charge in [-0.25, -0.2) is 0 Å². The smallest absolute Gasteiger partial charge is 0.231 e. The van der Waals surface area contributed by atoms with Gasteiger partial charge in [-0.15, -0.1) is 0 Å². The zero-order valence-electron chi connectivity index (χ0n) is 15.2. The lowest BCUT2D eigenvalue weighted by Gasteiger charge is -2.11. The fourth-order valence-electron chi connectivity index (χ4n) is 2.74. The first-order chi connectivity index (χ1) is 12.4. The molecular formula is C21H20O5. The number of allylic oxidation sites excluding steroid dienone is 2. The van der Waals surface area contributed by atoms with Crippen LogP contribution in [0.3, 0.4) is 0 Å². The van der Waals surface area contributed by atoms with Gasteiger partial charge in [0.15, 0.2) is 18.1 Å². The van der Waals surface area contributed by atoms with Gasteiger partial charge in [-0.2, -0.15) is 0 Å². The zero-order valence-corrected chi connectivity index (χ0v) is 15.2. The molecule has 5 heteroatoms. The van der Waals surface area contributed by atoms with E-state index in [2.05, 4.69) is 0 Å². The Morgan fingerprint density at radius 1 is 1.08 bits per heavy atom. The summed E-state index contributed by atoms with van der Waals surface area (Å²) in [6.07, 6.45) is 0. The first-order valence-corrected chi connectivity index (χ1v) is 8.26. The molecule has 0 unspecified atom stereocenters. The molecule has 0 aromatic heterocycles. The van der Waals surface area contributed by atoms with Gasteiger partial charge < -0.3 is 14.2 Å². The van der Waals surface area contributed by atoms with E-state index in [1.54, 1.807) is 43.5 Å². The maximum atomic E-state index is 12.3. The lowest BCUT2D eigenvalue weighted by molar-refractivity contribution is 0.0920. The van der Waals surface area contributed by atoms with E-state index < -0.39 is 0 Å². The third-order valence-corrected chi connectivity index (χ3v) is 4.24. The van der Waals surface area contributed by atoms with Crippen LogP contribution in [-0.4, -0.2) is 25.3 Å². The molecule has 0 atom stereocenters. The van der Waals surface area contributed by atoms with E-state index in [0.29, 0.717) is 39.7 Å². The maximum absolute atomic E-state index is 12.3. The highest BCUT2D eigenvalue weighted by molar-refractivity contribution is 6.13. The number of hydrogen-bond donors (Lipinski definition) is 0. The maximum Gasteiger partial charge on any atom is 0.231 e. The minimum atomic E-state index is -0.144. The molecule has 0 saturated heterocycles. The van der Waals surface area contributed by atoms with Crippen LogP contribution in [0.1, 0.15) is 40.1 Å². The van der Waals surface area contributed by atoms with Crippen LogP contribution in [0.25, 0.3) is 0 Å². The Morgan fingerprint density at radius 3 is 2.38 bits per heavy atom. The lowest BCUT2D eigenvalue weighted by Crippen LogP contribution is -2.12. The standard InChI is InChI=1S/C21H20O5/c1-12(2)20-19(23)16-9-10-18(13(3)21(16)26-20)25-11-17(22)14-5-7-15(24-4)8-6-14/h5-10H,11H2,1-4H3. The SMILES string of the molecule is COc1ccc(C(=O)COc2ccc3c(c2C)OC(=C(C)C)C3=O)cc1. The Kier molecular flexibility index (Phi) is 4.80. The minimum Gasteiger partial charge on any atom is -0.497 e. The second kappa shape index (κ2) is 7.04. The Morgan fingerprint density at radius 2 is 1.77 bits per heavy atom. The van der Waals surface area contributed by atoms with E-state index in [-0.39, 0.29) is 18.2 Å². The molecule has 26 heavy (non-hydrogen) atoms. The van der Waals surface area contributed by atoms with Crippen molar-refractivity contribution in [1.29, 1.82) is 0 Å². The molecule has 2 aromatic rings. The number of benzene rings is 2. The van der Waals surface area contributed by atoms with E-state index in [1.165, 1.54) is 0 Å². The Labute approximate surface area is 152 Å². The average Bonchev–Trinajstić information content (AvgIpc) is 2.99. The summed E-state index contributed by atoms with van der Waals surface area (Å²) in [6.45, 7) is 5.38. The molecule has 1 heterocycles. The highest BCUT2D eigenvalue weighted by atomic mass is 16.5. The molecule has 0 aliphatic carbocycles. The van der Waals surface area contributed by atoms with Gasteiger partial charge >= 0.3 is 0 Å². The molecule has 0 bridgehead atoms. The van der Waals surface area contributed by atoms with E-state index in [1.807, 2.05) is 20.8 Å². The molecule has 3 rings (SSSR count). The summed E-state index contributed by atoms with van der Waals surface area (Å²) in [7, 11) is 1.57. The highest BCUT2D eigenvalue weighted by Gasteiger charge is 2.30. The van der Waals surface area contributed by atoms with Crippen molar-refractivity contribution in [3.05, 3.63) is 64.4 Å². The van der Waals surface area contributed by atoms with Gasteiger partial charge in [0.05, 0.1) is 12.7 Å². The monoisotopic (exact) mass is 352 g/mol. The Balaban J connectivity index is 1.76. The topological polar surface area (TPSA) is 61.8 Å². The van der Waals surface area contributed by atoms with Crippen LogP contribution in [0, 0.1) is 6.92 Å².